The van der Waals surface area contributed by atoms with Crippen LogP contribution in [0.5, 0.6) is 11.5 Å². The smallest absolute Gasteiger partial charge is 0.342 e. The predicted molar refractivity (Wildman–Crippen MR) is 75.4 cm³/mol. The number of benzene rings is 1. The SMILES string of the molecule is COc1ccc(C(=O)O[C@H](C)C(=O)N2CCCC2)c(O)c1. The van der Waals surface area contributed by atoms with E-state index < -0.39 is 12.1 Å². The number of carbonyl (C=O) groups excluding carboxylic acids is 2. The Kier molecular flexibility index (Phi) is 4.67. The van der Waals surface area contributed by atoms with Crippen molar-refractivity contribution in [3.05, 3.63) is 23.8 Å². The Bertz CT molecular complexity index is 537. The molecule has 1 aromatic carbocycles. The first-order valence-electron chi connectivity index (χ1n) is 6.89. The van der Waals surface area contributed by atoms with Crippen LogP contribution < -0.4 is 4.74 Å². The van der Waals surface area contributed by atoms with Gasteiger partial charge in [-0.15, -0.1) is 0 Å². The van der Waals surface area contributed by atoms with E-state index in [4.69, 9.17) is 9.47 Å². The first-order valence-corrected chi connectivity index (χ1v) is 6.89. The second-order valence-electron chi connectivity index (χ2n) is 4.96. The van der Waals surface area contributed by atoms with Gasteiger partial charge < -0.3 is 19.5 Å². The summed E-state index contributed by atoms with van der Waals surface area (Å²) in [4.78, 5) is 25.8. The van der Waals surface area contributed by atoms with Crippen molar-refractivity contribution < 1.29 is 24.2 Å². The molecule has 1 fully saturated rings. The summed E-state index contributed by atoms with van der Waals surface area (Å²) in [5.41, 5.74) is 0.0110. The van der Waals surface area contributed by atoms with Gasteiger partial charge in [0.15, 0.2) is 6.10 Å². The molecule has 0 radical (unpaired) electrons. The van der Waals surface area contributed by atoms with Gasteiger partial charge in [0.05, 0.1) is 7.11 Å². The number of phenols is 1. The van der Waals surface area contributed by atoms with Crippen LogP contribution in [0.25, 0.3) is 0 Å². The van der Waals surface area contributed by atoms with Gasteiger partial charge in [0, 0.05) is 19.2 Å². The summed E-state index contributed by atoms with van der Waals surface area (Å²) in [5.74, 6) is -0.727. The molecule has 1 N–H and O–H groups in total. The summed E-state index contributed by atoms with van der Waals surface area (Å²) in [6, 6.07) is 4.27. The Morgan fingerprint density at radius 1 is 1.29 bits per heavy atom. The number of carbonyl (C=O) groups is 2. The van der Waals surface area contributed by atoms with Crippen molar-refractivity contribution in [2.24, 2.45) is 0 Å². The van der Waals surface area contributed by atoms with Crippen LogP contribution in [0.2, 0.25) is 0 Å². The van der Waals surface area contributed by atoms with Crippen molar-refractivity contribution in [1.82, 2.24) is 4.90 Å². The molecule has 1 amide bonds. The maximum atomic E-state index is 12.1. The Balaban J connectivity index is 2.01. The van der Waals surface area contributed by atoms with Crippen molar-refractivity contribution in [2.45, 2.75) is 25.9 Å². The number of phenolic OH excluding ortho intramolecular Hbond substituents is 1. The summed E-state index contributed by atoms with van der Waals surface area (Å²) in [6.07, 6.45) is 1.09. The van der Waals surface area contributed by atoms with Gasteiger partial charge in [0.2, 0.25) is 0 Å². The van der Waals surface area contributed by atoms with Gasteiger partial charge in [-0.1, -0.05) is 0 Å². The third kappa shape index (κ3) is 3.45. The predicted octanol–water partition coefficient (Wildman–Crippen LogP) is 1.57. The molecule has 0 spiro atoms. The second-order valence-corrected chi connectivity index (χ2v) is 4.96. The normalized spacial score (nSPS) is 15.6. The van der Waals surface area contributed by atoms with Gasteiger partial charge in [-0.05, 0) is 31.9 Å². The number of aromatic hydroxyl groups is 1. The molecule has 114 valence electrons. The summed E-state index contributed by atoms with van der Waals surface area (Å²) < 4.78 is 10.1. The molecule has 6 heteroatoms. The van der Waals surface area contributed by atoms with E-state index in [1.807, 2.05) is 0 Å². The molecule has 0 aromatic heterocycles. The summed E-state index contributed by atoms with van der Waals surface area (Å²) >= 11 is 0. The van der Waals surface area contributed by atoms with E-state index in [0.29, 0.717) is 18.8 Å². The zero-order chi connectivity index (χ0) is 15.4. The van der Waals surface area contributed by atoms with E-state index >= 15 is 0 Å². The number of ether oxygens (including phenoxy) is 2. The largest absolute Gasteiger partial charge is 0.507 e. The molecule has 1 atom stereocenters. The van der Waals surface area contributed by atoms with E-state index in [1.165, 1.54) is 19.2 Å². The third-order valence-electron chi connectivity index (χ3n) is 3.47. The maximum absolute atomic E-state index is 12.1. The molecule has 0 saturated carbocycles. The zero-order valence-electron chi connectivity index (χ0n) is 12.2. The van der Waals surface area contributed by atoms with E-state index in [1.54, 1.807) is 17.9 Å². The minimum atomic E-state index is -0.864. The average Bonchev–Trinajstić information content (AvgIpc) is 3.00. The number of nitrogens with zero attached hydrogens (tertiary/aromatic N) is 1. The van der Waals surface area contributed by atoms with Gasteiger partial charge in [-0.3, -0.25) is 4.79 Å². The maximum Gasteiger partial charge on any atom is 0.342 e. The molecule has 1 heterocycles. The van der Waals surface area contributed by atoms with Crippen molar-refractivity contribution in [2.75, 3.05) is 20.2 Å². The molecule has 1 aliphatic heterocycles. The van der Waals surface area contributed by atoms with Gasteiger partial charge in [0.25, 0.3) is 5.91 Å². The van der Waals surface area contributed by atoms with Crippen molar-refractivity contribution >= 4 is 11.9 Å². The fourth-order valence-electron chi connectivity index (χ4n) is 2.28. The van der Waals surface area contributed by atoms with E-state index in [-0.39, 0.29) is 17.2 Å². The fraction of sp³-hybridized carbons (Fsp3) is 0.467. The van der Waals surface area contributed by atoms with E-state index in [0.717, 1.165) is 12.8 Å². The molecule has 0 unspecified atom stereocenters. The number of rotatable bonds is 4. The molecule has 1 saturated heterocycles. The number of hydrogen-bond acceptors (Lipinski definition) is 5. The fourth-order valence-corrected chi connectivity index (χ4v) is 2.28. The standard InChI is InChI=1S/C15H19NO5/c1-10(14(18)16-7-3-4-8-16)21-15(19)12-6-5-11(20-2)9-13(12)17/h5-6,9-10,17H,3-4,7-8H2,1-2H3/t10-/m1/s1. The van der Waals surface area contributed by atoms with Gasteiger partial charge in [0.1, 0.15) is 17.1 Å². The summed E-state index contributed by atoms with van der Waals surface area (Å²) in [5, 5.41) is 9.78. The molecule has 2 rings (SSSR count). The molecular weight excluding hydrogens is 274 g/mol. The number of amides is 1. The van der Waals surface area contributed by atoms with Gasteiger partial charge in [-0.25, -0.2) is 4.79 Å². The molecule has 21 heavy (non-hydrogen) atoms. The summed E-state index contributed by atoms with van der Waals surface area (Å²) in [6.45, 7) is 2.95. The molecular formula is C15H19NO5. The highest BCUT2D eigenvalue weighted by atomic mass is 16.5. The van der Waals surface area contributed by atoms with Gasteiger partial charge in [-0.2, -0.15) is 0 Å². The minimum Gasteiger partial charge on any atom is -0.507 e. The van der Waals surface area contributed by atoms with Crippen LogP contribution in [-0.4, -0.2) is 48.2 Å². The highest BCUT2D eigenvalue weighted by molar-refractivity contribution is 5.94. The Hall–Kier alpha value is -2.24. The van der Waals surface area contributed by atoms with Crippen LogP contribution in [0.1, 0.15) is 30.1 Å². The highest BCUT2D eigenvalue weighted by Crippen LogP contribution is 2.24. The van der Waals surface area contributed by atoms with Crippen molar-refractivity contribution in [3.8, 4) is 11.5 Å². The molecule has 0 bridgehead atoms. The minimum absolute atomic E-state index is 0.0110. The van der Waals surface area contributed by atoms with Crippen LogP contribution in [0.15, 0.2) is 18.2 Å². The first-order chi connectivity index (χ1) is 10.0. The highest BCUT2D eigenvalue weighted by Gasteiger charge is 2.27. The molecule has 6 nitrogen and oxygen atoms in total. The Morgan fingerprint density at radius 3 is 2.52 bits per heavy atom. The van der Waals surface area contributed by atoms with Gasteiger partial charge >= 0.3 is 5.97 Å². The lowest BCUT2D eigenvalue weighted by Gasteiger charge is -2.20. The van der Waals surface area contributed by atoms with Crippen LogP contribution in [0.4, 0.5) is 0 Å². The lowest BCUT2D eigenvalue weighted by atomic mass is 10.2. The van der Waals surface area contributed by atoms with Crippen molar-refractivity contribution in [3.63, 3.8) is 0 Å². The van der Waals surface area contributed by atoms with E-state index in [2.05, 4.69) is 0 Å². The molecule has 0 aliphatic carbocycles. The number of methoxy groups -OCH3 is 1. The second kappa shape index (κ2) is 6.47. The first kappa shape index (κ1) is 15.2. The van der Waals surface area contributed by atoms with Crippen LogP contribution in [0, 0.1) is 0 Å². The lowest BCUT2D eigenvalue weighted by molar-refractivity contribution is -0.138. The number of hydrogen-bond donors (Lipinski definition) is 1. The number of likely N-dealkylation sites (tertiary alicyclic amines) is 1. The van der Waals surface area contributed by atoms with Crippen LogP contribution in [-0.2, 0) is 9.53 Å². The molecule has 1 aromatic rings. The van der Waals surface area contributed by atoms with E-state index in [9.17, 15) is 14.7 Å². The average molecular weight is 293 g/mol. The van der Waals surface area contributed by atoms with Crippen molar-refractivity contribution in [1.29, 1.82) is 0 Å². The monoisotopic (exact) mass is 293 g/mol. The third-order valence-corrected chi connectivity index (χ3v) is 3.47. The van der Waals surface area contributed by atoms with Crippen LogP contribution >= 0.6 is 0 Å². The van der Waals surface area contributed by atoms with Crippen LogP contribution in [0.3, 0.4) is 0 Å². The Morgan fingerprint density at radius 2 is 1.95 bits per heavy atom. The number of esters is 1. The zero-order valence-corrected chi connectivity index (χ0v) is 12.2. The summed E-state index contributed by atoms with van der Waals surface area (Å²) in [7, 11) is 1.46. The quantitative estimate of drug-likeness (QED) is 0.853. The Labute approximate surface area is 123 Å². The molecule has 1 aliphatic rings. The topological polar surface area (TPSA) is 76.1 Å². The lowest BCUT2D eigenvalue weighted by Crippen LogP contribution is -2.38.